The molecule has 0 fully saturated rings. The fourth-order valence-electron chi connectivity index (χ4n) is 5.55. The lowest BCUT2D eigenvalue weighted by Crippen LogP contribution is -2.28. The van der Waals surface area contributed by atoms with Gasteiger partial charge < -0.3 is 23.9 Å². The number of hydrogen-bond acceptors (Lipinski definition) is 8. The van der Waals surface area contributed by atoms with E-state index in [2.05, 4.69) is 26.1 Å². The standard InChI is InChI=1S/C35H32F3N3O5.2ClH/c1-2-43-34(42)29-16-15-26-27(7-5-8-28(26)40-29)39-19-18-23-6-3-4-9-31(23)44-21-22-10-12-24(13-11-22)33-41-30-20-25(46-35(36,37)38)14-17-32(30)45-33;;/h3-4,6,9-17,20,27,39H,2,5,7-8,18-19,21H2,1H3;2*1H. The predicted octanol–water partition coefficient (Wildman–Crippen LogP) is 8.60. The Labute approximate surface area is 287 Å². The number of aromatic nitrogens is 2. The predicted molar refractivity (Wildman–Crippen MR) is 179 cm³/mol. The van der Waals surface area contributed by atoms with Crippen LogP contribution in [0.4, 0.5) is 13.2 Å². The normalized spacial score (nSPS) is 14.0. The van der Waals surface area contributed by atoms with E-state index in [-0.39, 0.29) is 42.1 Å². The monoisotopic (exact) mass is 703 g/mol. The Kier molecular flexibility index (Phi) is 12.3. The van der Waals surface area contributed by atoms with Gasteiger partial charge in [-0.2, -0.15) is 0 Å². The average Bonchev–Trinajstić information content (AvgIpc) is 3.47. The molecule has 0 amide bonds. The smallest absolute Gasteiger partial charge is 0.489 e. The summed E-state index contributed by atoms with van der Waals surface area (Å²) in [5.74, 6) is 0.344. The molecule has 1 atom stereocenters. The molecule has 1 aliphatic rings. The van der Waals surface area contributed by atoms with Gasteiger partial charge in [-0.1, -0.05) is 36.4 Å². The van der Waals surface area contributed by atoms with Gasteiger partial charge in [-0.05, 0) is 92.2 Å². The van der Waals surface area contributed by atoms with Gasteiger partial charge in [0.1, 0.15) is 29.3 Å². The van der Waals surface area contributed by atoms with Gasteiger partial charge in [0.05, 0.1) is 6.61 Å². The Morgan fingerprint density at radius 3 is 2.56 bits per heavy atom. The molecule has 0 radical (unpaired) electrons. The van der Waals surface area contributed by atoms with Crippen molar-refractivity contribution in [3.8, 4) is 23.0 Å². The molecule has 6 rings (SSSR count). The highest BCUT2D eigenvalue weighted by Crippen LogP contribution is 2.31. The minimum absolute atomic E-state index is 0. The highest BCUT2D eigenvalue weighted by Gasteiger charge is 2.31. The molecule has 0 saturated heterocycles. The summed E-state index contributed by atoms with van der Waals surface area (Å²) < 4.78 is 58.7. The van der Waals surface area contributed by atoms with E-state index in [4.69, 9.17) is 13.9 Å². The van der Waals surface area contributed by atoms with Crippen molar-refractivity contribution in [2.45, 2.75) is 51.6 Å². The number of pyridine rings is 1. The SMILES string of the molecule is CCOC(=O)c1ccc2c(n1)CCCC2NCCc1ccccc1OCc1ccc(-c2nc3cc(OC(F)(F)F)ccc3o2)cc1.Cl.Cl. The lowest BCUT2D eigenvalue weighted by molar-refractivity contribution is -0.274. The number of rotatable bonds is 11. The zero-order valence-corrected chi connectivity index (χ0v) is 27.6. The molecule has 48 heavy (non-hydrogen) atoms. The van der Waals surface area contributed by atoms with Crippen molar-refractivity contribution in [3.63, 3.8) is 0 Å². The molecule has 1 unspecified atom stereocenters. The molecule has 1 aliphatic carbocycles. The van der Waals surface area contributed by atoms with Crippen LogP contribution in [-0.4, -0.2) is 35.5 Å². The first kappa shape index (κ1) is 36.5. The van der Waals surface area contributed by atoms with Crippen molar-refractivity contribution in [1.82, 2.24) is 15.3 Å². The van der Waals surface area contributed by atoms with Crippen LogP contribution in [0.2, 0.25) is 0 Å². The number of halogens is 5. The number of aryl methyl sites for hydroxylation is 1. The first-order valence-electron chi connectivity index (χ1n) is 15.1. The van der Waals surface area contributed by atoms with E-state index in [1.54, 1.807) is 13.0 Å². The van der Waals surface area contributed by atoms with Crippen molar-refractivity contribution < 1.29 is 36.6 Å². The van der Waals surface area contributed by atoms with Crippen molar-refractivity contribution in [3.05, 3.63) is 107 Å². The number of nitrogens with one attached hydrogen (secondary N) is 1. The maximum atomic E-state index is 12.6. The van der Waals surface area contributed by atoms with Gasteiger partial charge in [-0.3, -0.25) is 0 Å². The first-order valence-corrected chi connectivity index (χ1v) is 15.1. The van der Waals surface area contributed by atoms with Crippen LogP contribution in [0.25, 0.3) is 22.6 Å². The number of oxazole rings is 1. The Bertz CT molecular complexity index is 1830. The number of carbonyl (C=O) groups excluding carboxylic acids is 1. The summed E-state index contributed by atoms with van der Waals surface area (Å²) in [5, 5.41) is 3.66. The first-order chi connectivity index (χ1) is 22.3. The third-order valence-electron chi connectivity index (χ3n) is 7.72. The zero-order valence-electron chi connectivity index (χ0n) is 25.9. The number of ether oxygens (including phenoxy) is 3. The topological polar surface area (TPSA) is 95.7 Å². The minimum atomic E-state index is -4.78. The van der Waals surface area contributed by atoms with E-state index in [9.17, 15) is 18.0 Å². The third kappa shape index (κ3) is 8.97. The molecule has 0 spiro atoms. The van der Waals surface area contributed by atoms with Crippen LogP contribution in [0.1, 0.15) is 58.7 Å². The molecule has 8 nitrogen and oxygen atoms in total. The van der Waals surface area contributed by atoms with Gasteiger partial charge in [-0.25, -0.2) is 14.8 Å². The van der Waals surface area contributed by atoms with Gasteiger partial charge in [0.15, 0.2) is 5.58 Å². The second-order valence-corrected chi connectivity index (χ2v) is 10.9. The summed E-state index contributed by atoms with van der Waals surface area (Å²) in [6, 6.07) is 23.1. The largest absolute Gasteiger partial charge is 0.573 e. The van der Waals surface area contributed by atoms with E-state index in [0.717, 1.165) is 60.4 Å². The number of alkyl halides is 3. The van der Waals surface area contributed by atoms with Crippen LogP contribution in [0, 0.1) is 0 Å². The van der Waals surface area contributed by atoms with E-state index >= 15 is 0 Å². The molecule has 5 aromatic rings. The number of benzene rings is 3. The number of carbonyl (C=O) groups is 1. The summed E-state index contributed by atoms with van der Waals surface area (Å²) >= 11 is 0. The van der Waals surface area contributed by atoms with Crippen LogP contribution >= 0.6 is 24.8 Å². The van der Waals surface area contributed by atoms with Crippen LogP contribution < -0.4 is 14.8 Å². The van der Waals surface area contributed by atoms with Crippen molar-refractivity contribution in [2.24, 2.45) is 0 Å². The Hall–Kier alpha value is -4.32. The van der Waals surface area contributed by atoms with Crippen molar-refractivity contribution in [2.75, 3.05) is 13.2 Å². The summed E-state index contributed by atoms with van der Waals surface area (Å²) in [6.07, 6.45) is -1.18. The molecule has 0 aliphatic heterocycles. The zero-order chi connectivity index (χ0) is 32.1. The number of esters is 1. The Balaban J connectivity index is 0.00000260. The molecule has 254 valence electrons. The molecule has 3 aromatic carbocycles. The van der Waals surface area contributed by atoms with Gasteiger partial charge in [0.2, 0.25) is 5.89 Å². The van der Waals surface area contributed by atoms with Gasteiger partial charge in [0, 0.05) is 23.4 Å². The van der Waals surface area contributed by atoms with E-state index in [1.807, 2.05) is 48.5 Å². The van der Waals surface area contributed by atoms with Gasteiger partial charge >= 0.3 is 12.3 Å². The quantitative estimate of drug-likeness (QED) is 0.137. The molecule has 0 bridgehead atoms. The summed E-state index contributed by atoms with van der Waals surface area (Å²) in [7, 11) is 0. The molecular weight excluding hydrogens is 670 g/mol. The van der Waals surface area contributed by atoms with Gasteiger partial charge in [0.25, 0.3) is 0 Å². The fourth-order valence-corrected chi connectivity index (χ4v) is 5.55. The Morgan fingerprint density at radius 2 is 1.79 bits per heavy atom. The lowest BCUT2D eigenvalue weighted by atomic mass is 9.91. The average molecular weight is 705 g/mol. The molecule has 13 heteroatoms. The fraction of sp³-hybridized carbons (Fsp3) is 0.286. The van der Waals surface area contributed by atoms with Crippen LogP contribution in [0.3, 0.4) is 0 Å². The molecule has 2 heterocycles. The number of fused-ring (bicyclic) bond motifs is 2. The van der Waals surface area contributed by atoms with Crippen molar-refractivity contribution >= 4 is 41.9 Å². The number of hydrogen-bond donors (Lipinski definition) is 1. The second kappa shape index (κ2) is 16.2. The molecular formula is C35H34Cl2F3N3O5. The molecule has 2 aromatic heterocycles. The van der Waals surface area contributed by atoms with Crippen LogP contribution in [0.5, 0.6) is 11.5 Å². The maximum absolute atomic E-state index is 12.6. The van der Waals surface area contributed by atoms with E-state index in [0.29, 0.717) is 35.9 Å². The second-order valence-electron chi connectivity index (χ2n) is 10.9. The Morgan fingerprint density at radius 1 is 1.00 bits per heavy atom. The number of para-hydroxylation sites is 1. The summed E-state index contributed by atoms with van der Waals surface area (Å²) in [5.41, 5.74) is 5.75. The molecule has 0 saturated carbocycles. The lowest BCUT2D eigenvalue weighted by Gasteiger charge is -2.26. The third-order valence-corrected chi connectivity index (χ3v) is 7.72. The molecule has 1 N–H and O–H groups in total. The summed E-state index contributed by atoms with van der Waals surface area (Å²) in [4.78, 5) is 21.0. The van der Waals surface area contributed by atoms with Crippen molar-refractivity contribution in [1.29, 1.82) is 0 Å². The minimum Gasteiger partial charge on any atom is -0.489 e. The van der Waals surface area contributed by atoms with E-state index < -0.39 is 12.3 Å². The highest BCUT2D eigenvalue weighted by molar-refractivity contribution is 5.87. The number of nitrogens with zero attached hydrogens (tertiary/aromatic N) is 2. The van der Waals surface area contributed by atoms with Gasteiger partial charge in [-0.15, -0.1) is 38.0 Å². The van der Waals surface area contributed by atoms with Crippen LogP contribution in [-0.2, 0) is 24.2 Å². The maximum Gasteiger partial charge on any atom is 0.573 e. The summed E-state index contributed by atoms with van der Waals surface area (Å²) in [6.45, 7) is 3.19. The highest BCUT2D eigenvalue weighted by atomic mass is 35.5. The van der Waals surface area contributed by atoms with E-state index in [1.165, 1.54) is 18.2 Å². The van der Waals surface area contributed by atoms with Crippen LogP contribution in [0.15, 0.2) is 83.3 Å².